The van der Waals surface area contributed by atoms with Crippen molar-refractivity contribution in [2.75, 3.05) is 0 Å². The van der Waals surface area contributed by atoms with Crippen molar-refractivity contribution in [3.05, 3.63) is 48.6 Å². The molecule has 23 heavy (non-hydrogen) atoms. The zero-order valence-electron chi connectivity index (χ0n) is 12.1. The number of hydrogen-bond donors (Lipinski definition) is 3. The quantitative estimate of drug-likeness (QED) is 0.522. The Morgan fingerprint density at radius 2 is 2.17 bits per heavy atom. The highest BCUT2D eigenvalue weighted by atomic mass is 16.1. The van der Waals surface area contributed by atoms with Crippen LogP contribution in [0.15, 0.2) is 37.1 Å². The minimum atomic E-state index is -0.131. The van der Waals surface area contributed by atoms with Crippen LogP contribution >= 0.6 is 0 Å². The lowest BCUT2D eigenvalue weighted by molar-refractivity contribution is -0.120. The second-order valence-corrected chi connectivity index (χ2v) is 5.09. The fourth-order valence-electron chi connectivity index (χ4n) is 2.43. The molecule has 0 aliphatic heterocycles. The lowest BCUT2D eigenvalue weighted by Crippen LogP contribution is -2.25. The number of nitrogens with one attached hydrogen (secondary N) is 3. The zero-order valence-corrected chi connectivity index (χ0v) is 12.1. The van der Waals surface area contributed by atoms with Gasteiger partial charge in [-0.3, -0.25) is 14.8 Å². The molecule has 8 nitrogen and oxygen atoms in total. The van der Waals surface area contributed by atoms with E-state index in [1.54, 1.807) is 24.8 Å². The summed E-state index contributed by atoms with van der Waals surface area (Å²) in [5.41, 5.74) is 3.12. The third kappa shape index (κ3) is 2.61. The lowest BCUT2D eigenvalue weighted by Gasteiger charge is -2.02. The van der Waals surface area contributed by atoms with Crippen molar-refractivity contribution in [3.8, 4) is 0 Å². The van der Waals surface area contributed by atoms with Gasteiger partial charge in [0.1, 0.15) is 17.0 Å². The van der Waals surface area contributed by atoms with Crippen molar-refractivity contribution in [2.24, 2.45) is 0 Å². The van der Waals surface area contributed by atoms with E-state index in [9.17, 15) is 4.79 Å². The number of carbonyl (C=O) groups excluding carboxylic acids is 1. The van der Waals surface area contributed by atoms with Gasteiger partial charge < -0.3 is 15.3 Å². The molecule has 4 aromatic heterocycles. The van der Waals surface area contributed by atoms with Gasteiger partial charge in [0.25, 0.3) is 0 Å². The first-order valence-electron chi connectivity index (χ1n) is 7.12. The maximum atomic E-state index is 12.0. The van der Waals surface area contributed by atoms with Crippen LogP contribution in [0, 0.1) is 0 Å². The maximum absolute atomic E-state index is 12.0. The Morgan fingerprint density at radius 3 is 3.04 bits per heavy atom. The highest BCUT2D eigenvalue weighted by Gasteiger charge is 2.11. The van der Waals surface area contributed by atoms with Crippen LogP contribution < -0.4 is 5.32 Å². The molecule has 0 radical (unpaired) electrons. The molecule has 0 saturated carbocycles. The molecule has 1 amide bonds. The second-order valence-electron chi connectivity index (χ2n) is 5.09. The number of nitrogens with zero attached hydrogens (tertiary/aromatic N) is 4. The highest BCUT2D eigenvalue weighted by molar-refractivity contribution is 6.00. The summed E-state index contributed by atoms with van der Waals surface area (Å²) in [5.74, 6) is 0.472. The molecule has 0 atom stereocenters. The second kappa shape index (κ2) is 5.48. The predicted octanol–water partition coefficient (Wildman–Crippen LogP) is 1.09. The minimum Gasteiger partial charge on any atom is -0.350 e. The molecule has 4 rings (SSSR count). The third-order valence-electron chi connectivity index (χ3n) is 3.50. The molecule has 0 aromatic carbocycles. The van der Waals surface area contributed by atoms with E-state index < -0.39 is 0 Å². The Labute approximate surface area is 130 Å². The normalized spacial score (nSPS) is 11.1. The summed E-state index contributed by atoms with van der Waals surface area (Å²) in [6, 6.07) is 1.92. The van der Waals surface area contributed by atoms with Gasteiger partial charge in [-0.1, -0.05) is 0 Å². The van der Waals surface area contributed by atoms with Crippen molar-refractivity contribution >= 4 is 28.0 Å². The number of amides is 1. The average Bonchev–Trinajstić information content (AvgIpc) is 3.19. The number of fused-ring (bicyclic) bond motifs is 3. The minimum absolute atomic E-state index is 0.131. The van der Waals surface area contributed by atoms with Gasteiger partial charge in [0, 0.05) is 24.0 Å². The summed E-state index contributed by atoms with van der Waals surface area (Å²) in [5, 5.41) is 3.74. The standard InChI is InChI=1S/C15H13N7O/c23-13(19-7-9-6-16-3-4-17-9)5-12-21-11-8-20-15-10(1-2-18-15)14(11)22-12/h1-4,6,8H,5,7H2,(H,18,20)(H,19,23)(H,21,22). The molecule has 0 fully saturated rings. The van der Waals surface area contributed by atoms with Gasteiger partial charge in [0.2, 0.25) is 5.91 Å². The molecule has 4 heterocycles. The van der Waals surface area contributed by atoms with Crippen molar-refractivity contribution in [3.63, 3.8) is 0 Å². The number of carbonyl (C=O) groups is 1. The van der Waals surface area contributed by atoms with E-state index in [0.29, 0.717) is 18.1 Å². The summed E-state index contributed by atoms with van der Waals surface area (Å²) in [6.45, 7) is 0.344. The smallest absolute Gasteiger partial charge is 0.227 e. The molecule has 0 aliphatic rings. The Hall–Kier alpha value is -3.29. The molecule has 0 bridgehead atoms. The van der Waals surface area contributed by atoms with Crippen LogP contribution in [0.3, 0.4) is 0 Å². The summed E-state index contributed by atoms with van der Waals surface area (Å²) >= 11 is 0. The van der Waals surface area contributed by atoms with Gasteiger partial charge in [0.15, 0.2) is 0 Å². The molecule has 0 spiro atoms. The van der Waals surface area contributed by atoms with Crippen LogP contribution in [0.4, 0.5) is 0 Å². The molecule has 114 valence electrons. The van der Waals surface area contributed by atoms with Gasteiger partial charge in [-0.25, -0.2) is 9.97 Å². The largest absolute Gasteiger partial charge is 0.350 e. The Bertz CT molecular complexity index is 973. The van der Waals surface area contributed by atoms with E-state index in [2.05, 4.69) is 35.2 Å². The van der Waals surface area contributed by atoms with Crippen LogP contribution in [0.1, 0.15) is 11.5 Å². The number of pyridine rings is 1. The third-order valence-corrected chi connectivity index (χ3v) is 3.50. The number of aromatic amines is 2. The van der Waals surface area contributed by atoms with E-state index in [-0.39, 0.29) is 12.3 Å². The molecule has 3 N–H and O–H groups in total. The molecule has 0 unspecified atom stereocenters. The van der Waals surface area contributed by atoms with Crippen molar-refractivity contribution < 1.29 is 4.79 Å². The van der Waals surface area contributed by atoms with Gasteiger partial charge in [-0.15, -0.1) is 0 Å². The number of rotatable bonds is 4. The fraction of sp³-hybridized carbons (Fsp3) is 0.133. The van der Waals surface area contributed by atoms with Crippen LogP contribution in [0.2, 0.25) is 0 Å². The van der Waals surface area contributed by atoms with Crippen molar-refractivity contribution in [2.45, 2.75) is 13.0 Å². The predicted molar refractivity (Wildman–Crippen MR) is 83.3 cm³/mol. The summed E-state index contributed by atoms with van der Waals surface area (Å²) in [4.78, 5) is 35.1. The number of aromatic nitrogens is 6. The Kier molecular flexibility index (Phi) is 3.19. The highest BCUT2D eigenvalue weighted by Crippen LogP contribution is 2.20. The molecular formula is C15H13N7O. The van der Waals surface area contributed by atoms with E-state index in [1.807, 2.05) is 12.3 Å². The first kappa shape index (κ1) is 13.4. The molecule has 8 heteroatoms. The van der Waals surface area contributed by atoms with Gasteiger partial charge in [-0.2, -0.15) is 0 Å². The van der Waals surface area contributed by atoms with E-state index in [0.717, 1.165) is 22.1 Å². The number of H-pyrrole nitrogens is 2. The fourth-order valence-corrected chi connectivity index (χ4v) is 2.43. The average molecular weight is 307 g/mol. The summed E-state index contributed by atoms with van der Waals surface area (Å²) in [7, 11) is 0. The van der Waals surface area contributed by atoms with Gasteiger partial charge in [-0.05, 0) is 6.07 Å². The topological polar surface area (TPSA) is 112 Å². The SMILES string of the molecule is O=C(Cc1nc2c(cnc3[nH]ccc32)[nH]1)NCc1cnccn1. The van der Waals surface area contributed by atoms with Crippen molar-refractivity contribution in [1.82, 2.24) is 35.2 Å². The number of hydrogen-bond acceptors (Lipinski definition) is 5. The van der Waals surface area contributed by atoms with Crippen LogP contribution in [0.5, 0.6) is 0 Å². The first-order chi connectivity index (χ1) is 11.3. The van der Waals surface area contributed by atoms with Crippen LogP contribution in [-0.4, -0.2) is 35.8 Å². The Morgan fingerprint density at radius 1 is 1.22 bits per heavy atom. The maximum Gasteiger partial charge on any atom is 0.227 e. The van der Waals surface area contributed by atoms with Gasteiger partial charge >= 0.3 is 0 Å². The van der Waals surface area contributed by atoms with Crippen LogP contribution in [-0.2, 0) is 17.8 Å². The Balaban J connectivity index is 1.50. The molecule has 4 aromatic rings. The molecule has 0 saturated heterocycles. The molecular weight excluding hydrogens is 294 g/mol. The molecule has 0 aliphatic carbocycles. The summed E-state index contributed by atoms with van der Waals surface area (Å²) < 4.78 is 0. The summed E-state index contributed by atoms with van der Waals surface area (Å²) in [6.07, 6.45) is 8.50. The van der Waals surface area contributed by atoms with Crippen LogP contribution in [0.25, 0.3) is 22.1 Å². The number of imidazole rings is 1. The van der Waals surface area contributed by atoms with E-state index in [4.69, 9.17) is 0 Å². The van der Waals surface area contributed by atoms with Gasteiger partial charge in [0.05, 0.1) is 36.6 Å². The zero-order chi connectivity index (χ0) is 15.6. The van der Waals surface area contributed by atoms with E-state index in [1.165, 1.54) is 0 Å². The lowest BCUT2D eigenvalue weighted by atomic mass is 10.3. The first-order valence-corrected chi connectivity index (χ1v) is 7.12. The van der Waals surface area contributed by atoms with E-state index >= 15 is 0 Å². The monoisotopic (exact) mass is 307 g/mol. The van der Waals surface area contributed by atoms with Crippen molar-refractivity contribution in [1.29, 1.82) is 0 Å².